The van der Waals surface area contributed by atoms with Gasteiger partial charge in [0.1, 0.15) is 0 Å². The van der Waals surface area contributed by atoms with Crippen molar-refractivity contribution in [2.75, 3.05) is 6.54 Å². The van der Waals surface area contributed by atoms with Crippen LogP contribution in [-0.4, -0.2) is 15.9 Å². The lowest BCUT2D eigenvalue weighted by Gasteiger charge is -2.02. The Morgan fingerprint density at radius 2 is 2.38 bits per heavy atom. The number of nitrogens with zero attached hydrogens (tertiary/aromatic N) is 2. The van der Waals surface area contributed by atoms with E-state index in [4.69, 9.17) is 11.6 Å². The maximum Gasteiger partial charge on any atom is 0.195 e. The molecule has 2 aromatic rings. The first-order valence-electron chi connectivity index (χ1n) is 5.15. The number of nitrogens with one attached hydrogen (secondary N) is 1. The molecule has 0 aromatic carbocycles. The molecule has 0 atom stereocenters. The Bertz CT molecular complexity index is 475. The first-order valence-corrected chi connectivity index (χ1v) is 6.41. The first kappa shape index (κ1) is 12.2. The van der Waals surface area contributed by atoms with Crippen molar-refractivity contribution in [1.82, 2.24) is 14.7 Å². The van der Waals surface area contributed by atoms with E-state index in [1.807, 2.05) is 11.6 Å². The summed E-state index contributed by atoms with van der Waals surface area (Å²) in [5, 5.41) is 6.09. The normalized spacial score (nSPS) is 15.3. The minimum absolute atomic E-state index is 0. The highest BCUT2D eigenvalue weighted by atomic mass is 35.5. The fraction of sp³-hybridized carbons (Fsp3) is 0.500. The Kier molecular flexibility index (Phi) is 3.74. The second kappa shape index (κ2) is 4.92. The highest BCUT2D eigenvalue weighted by Crippen LogP contribution is 2.28. The van der Waals surface area contributed by atoms with E-state index in [0.29, 0.717) is 5.15 Å². The molecule has 0 unspecified atom stereocenters. The molecular weight excluding hydrogens is 265 g/mol. The van der Waals surface area contributed by atoms with Gasteiger partial charge in [-0.1, -0.05) is 11.6 Å². The molecule has 16 heavy (non-hydrogen) atoms. The molecule has 0 aliphatic heterocycles. The van der Waals surface area contributed by atoms with E-state index in [9.17, 15) is 0 Å². The fourth-order valence-electron chi connectivity index (χ4n) is 1.68. The van der Waals surface area contributed by atoms with Crippen molar-refractivity contribution >= 4 is 40.3 Å². The summed E-state index contributed by atoms with van der Waals surface area (Å²) in [6.45, 7) is 1.92. The number of hydrogen-bond donors (Lipinski definition) is 1. The van der Waals surface area contributed by atoms with Gasteiger partial charge in [-0.3, -0.25) is 4.40 Å². The average molecular weight is 278 g/mol. The SMILES string of the molecule is Cl.Clc1nc2sccn2c1CNCC1CC1. The van der Waals surface area contributed by atoms with E-state index in [0.717, 1.165) is 29.7 Å². The van der Waals surface area contributed by atoms with Crippen LogP contribution in [0.3, 0.4) is 0 Å². The molecule has 0 saturated heterocycles. The van der Waals surface area contributed by atoms with E-state index >= 15 is 0 Å². The number of hydrogen-bond acceptors (Lipinski definition) is 3. The standard InChI is InChI=1S/C10H12ClN3S.ClH/c11-9-8(6-12-5-7-1-2-7)14-3-4-15-10(14)13-9;/h3-4,7,12H,1-2,5-6H2;1H. The van der Waals surface area contributed by atoms with Crippen LogP contribution in [0.25, 0.3) is 4.96 Å². The molecule has 3 nitrogen and oxygen atoms in total. The van der Waals surface area contributed by atoms with Crippen molar-refractivity contribution in [3.8, 4) is 0 Å². The Morgan fingerprint density at radius 3 is 3.12 bits per heavy atom. The van der Waals surface area contributed by atoms with E-state index in [1.165, 1.54) is 12.8 Å². The van der Waals surface area contributed by atoms with Crippen LogP contribution in [0.4, 0.5) is 0 Å². The largest absolute Gasteiger partial charge is 0.311 e. The summed E-state index contributed by atoms with van der Waals surface area (Å²) in [5.74, 6) is 0.898. The molecule has 3 rings (SSSR count). The van der Waals surface area contributed by atoms with Gasteiger partial charge in [0, 0.05) is 18.1 Å². The van der Waals surface area contributed by atoms with Crippen LogP contribution in [0.15, 0.2) is 11.6 Å². The summed E-state index contributed by atoms with van der Waals surface area (Å²) in [6.07, 6.45) is 4.77. The molecule has 2 heterocycles. The summed E-state index contributed by atoms with van der Waals surface area (Å²) in [6, 6.07) is 0. The second-order valence-electron chi connectivity index (χ2n) is 3.98. The molecule has 0 radical (unpaired) electrons. The Labute approximate surface area is 109 Å². The quantitative estimate of drug-likeness (QED) is 0.931. The van der Waals surface area contributed by atoms with Crippen molar-refractivity contribution in [3.63, 3.8) is 0 Å². The monoisotopic (exact) mass is 277 g/mol. The summed E-state index contributed by atoms with van der Waals surface area (Å²) < 4.78 is 2.06. The Morgan fingerprint density at radius 1 is 1.56 bits per heavy atom. The number of rotatable bonds is 4. The number of imidazole rings is 1. The minimum atomic E-state index is 0. The van der Waals surface area contributed by atoms with Crippen molar-refractivity contribution < 1.29 is 0 Å². The zero-order chi connectivity index (χ0) is 10.3. The van der Waals surface area contributed by atoms with Gasteiger partial charge in [-0.25, -0.2) is 4.98 Å². The molecule has 2 aromatic heterocycles. The molecule has 0 spiro atoms. The third-order valence-electron chi connectivity index (χ3n) is 2.73. The predicted molar refractivity (Wildman–Crippen MR) is 69.8 cm³/mol. The maximum absolute atomic E-state index is 6.07. The second-order valence-corrected chi connectivity index (χ2v) is 5.21. The molecule has 88 valence electrons. The number of halogens is 2. The van der Waals surface area contributed by atoms with Gasteiger partial charge in [0.05, 0.1) is 5.69 Å². The lowest BCUT2D eigenvalue weighted by atomic mass is 10.4. The van der Waals surface area contributed by atoms with Gasteiger partial charge < -0.3 is 5.32 Å². The molecule has 1 saturated carbocycles. The van der Waals surface area contributed by atoms with Gasteiger partial charge in [0.25, 0.3) is 0 Å². The van der Waals surface area contributed by atoms with Gasteiger partial charge in [-0.2, -0.15) is 0 Å². The summed E-state index contributed by atoms with van der Waals surface area (Å²) in [4.78, 5) is 5.27. The summed E-state index contributed by atoms with van der Waals surface area (Å²) in [7, 11) is 0. The average Bonchev–Trinajstić information content (AvgIpc) is 2.85. The number of aromatic nitrogens is 2. The molecule has 6 heteroatoms. The molecule has 1 aliphatic rings. The van der Waals surface area contributed by atoms with Crippen molar-refractivity contribution in [2.45, 2.75) is 19.4 Å². The summed E-state index contributed by atoms with van der Waals surface area (Å²) in [5.41, 5.74) is 1.08. The zero-order valence-corrected chi connectivity index (χ0v) is 11.0. The van der Waals surface area contributed by atoms with Crippen LogP contribution < -0.4 is 5.32 Å². The van der Waals surface area contributed by atoms with Gasteiger partial charge in [-0.05, 0) is 25.3 Å². The van der Waals surface area contributed by atoms with Gasteiger partial charge >= 0.3 is 0 Å². The topological polar surface area (TPSA) is 29.3 Å². The summed E-state index contributed by atoms with van der Waals surface area (Å²) >= 11 is 7.69. The van der Waals surface area contributed by atoms with Gasteiger partial charge in [0.15, 0.2) is 10.1 Å². The van der Waals surface area contributed by atoms with E-state index in [1.54, 1.807) is 11.3 Å². The molecule has 1 aliphatic carbocycles. The first-order chi connectivity index (χ1) is 7.34. The van der Waals surface area contributed by atoms with Crippen molar-refractivity contribution in [3.05, 3.63) is 22.4 Å². The predicted octanol–water partition coefficient (Wildman–Crippen LogP) is 2.97. The third kappa shape index (κ3) is 2.35. The van der Waals surface area contributed by atoms with Crippen molar-refractivity contribution in [1.29, 1.82) is 0 Å². The van der Waals surface area contributed by atoms with E-state index in [2.05, 4.69) is 14.7 Å². The van der Waals surface area contributed by atoms with Crippen LogP contribution in [0, 0.1) is 5.92 Å². The van der Waals surface area contributed by atoms with E-state index < -0.39 is 0 Å². The molecule has 0 bridgehead atoms. The Balaban J connectivity index is 0.000000963. The zero-order valence-electron chi connectivity index (χ0n) is 8.65. The number of fused-ring (bicyclic) bond motifs is 1. The lowest BCUT2D eigenvalue weighted by molar-refractivity contribution is 0.628. The molecule has 0 amide bonds. The van der Waals surface area contributed by atoms with Crippen LogP contribution in [0.5, 0.6) is 0 Å². The van der Waals surface area contributed by atoms with Gasteiger partial charge in [0.2, 0.25) is 0 Å². The fourth-order valence-corrected chi connectivity index (χ4v) is 2.70. The highest BCUT2D eigenvalue weighted by molar-refractivity contribution is 7.15. The highest BCUT2D eigenvalue weighted by Gasteiger charge is 2.20. The van der Waals surface area contributed by atoms with E-state index in [-0.39, 0.29) is 12.4 Å². The van der Waals surface area contributed by atoms with Crippen LogP contribution in [0.1, 0.15) is 18.5 Å². The van der Waals surface area contributed by atoms with Crippen LogP contribution >= 0.6 is 35.3 Å². The molecule has 1 fully saturated rings. The third-order valence-corrected chi connectivity index (χ3v) is 3.79. The molecular formula is C10H13Cl2N3S. The lowest BCUT2D eigenvalue weighted by Crippen LogP contribution is -2.17. The van der Waals surface area contributed by atoms with Gasteiger partial charge in [-0.15, -0.1) is 23.7 Å². The smallest absolute Gasteiger partial charge is 0.195 e. The number of thiazole rings is 1. The maximum atomic E-state index is 6.07. The van der Waals surface area contributed by atoms with Crippen molar-refractivity contribution in [2.24, 2.45) is 5.92 Å². The minimum Gasteiger partial charge on any atom is -0.311 e. The Hall–Kier alpha value is -0.290. The van der Waals surface area contributed by atoms with Crippen LogP contribution in [0.2, 0.25) is 5.15 Å². The molecule has 1 N–H and O–H groups in total. The van der Waals surface area contributed by atoms with Crippen LogP contribution in [-0.2, 0) is 6.54 Å².